The van der Waals surface area contributed by atoms with Crippen molar-refractivity contribution < 1.29 is 17.8 Å². The predicted molar refractivity (Wildman–Crippen MR) is 73.7 cm³/mol. The fourth-order valence-corrected chi connectivity index (χ4v) is 3.79. The van der Waals surface area contributed by atoms with Crippen molar-refractivity contribution in [2.75, 3.05) is 12.3 Å². The van der Waals surface area contributed by atoms with Crippen molar-refractivity contribution in [3.8, 4) is 0 Å². The summed E-state index contributed by atoms with van der Waals surface area (Å²) >= 11 is 0. The molecule has 0 spiro atoms. The molecule has 8 nitrogen and oxygen atoms in total. The number of hydrogen-bond acceptors (Lipinski definition) is 7. The van der Waals surface area contributed by atoms with E-state index in [2.05, 4.69) is 10.3 Å². The van der Waals surface area contributed by atoms with Gasteiger partial charge in [0.25, 0.3) is 5.69 Å². The number of nitro benzene ring substituents is 1. The molecule has 1 saturated heterocycles. The summed E-state index contributed by atoms with van der Waals surface area (Å²) in [5.74, 6) is -0.0814. The maximum atomic E-state index is 12.2. The van der Waals surface area contributed by atoms with Gasteiger partial charge in [0, 0.05) is 18.2 Å². The molecule has 0 bridgehead atoms. The Morgan fingerprint density at radius 2 is 2.29 bits per heavy atom. The lowest BCUT2D eigenvalue weighted by Gasteiger charge is -2.07. The Kier molecular flexibility index (Phi) is 3.38. The molecule has 0 radical (unpaired) electrons. The maximum absolute atomic E-state index is 12.2. The van der Waals surface area contributed by atoms with Gasteiger partial charge in [0.1, 0.15) is 5.52 Å². The molecule has 2 aromatic rings. The third-order valence-electron chi connectivity index (χ3n) is 3.41. The fourth-order valence-electron chi connectivity index (χ4n) is 2.38. The van der Waals surface area contributed by atoms with Crippen LogP contribution in [-0.2, 0) is 9.84 Å². The number of nitrogens with one attached hydrogen (secondary N) is 1. The quantitative estimate of drug-likeness (QED) is 0.667. The van der Waals surface area contributed by atoms with Gasteiger partial charge >= 0.3 is 5.22 Å². The first kappa shape index (κ1) is 14.0. The van der Waals surface area contributed by atoms with E-state index in [0.717, 1.165) is 19.4 Å². The second-order valence-electron chi connectivity index (χ2n) is 4.96. The van der Waals surface area contributed by atoms with Gasteiger partial charge in [-0.25, -0.2) is 8.42 Å². The second-order valence-corrected chi connectivity index (χ2v) is 6.88. The third-order valence-corrected chi connectivity index (χ3v) is 4.96. The molecule has 1 aliphatic heterocycles. The van der Waals surface area contributed by atoms with Crippen LogP contribution in [0.25, 0.3) is 11.1 Å². The van der Waals surface area contributed by atoms with Crippen molar-refractivity contribution in [2.45, 2.75) is 24.1 Å². The average molecular weight is 311 g/mol. The van der Waals surface area contributed by atoms with E-state index in [1.807, 2.05) is 0 Å². The van der Waals surface area contributed by atoms with Crippen molar-refractivity contribution in [2.24, 2.45) is 0 Å². The normalized spacial score (nSPS) is 19.1. The topological polar surface area (TPSA) is 115 Å². The Labute approximate surface area is 120 Å². The summed E-state index contributed by atoms with van der Waals surface area (Å²) in [6.45, 7) is 0.805. The van der Waals surface area contributed by atoms with Crippen LogP contribution in [0, 0.1) is 10.1 Å². The number of nitro groups is 1. The molecular formula is C12H13N3O5S. The summed E-state index contributed by atoms with van der Waals surface area (Å²) < 4.78 is 29.7. The summed E-state index contributed by atoms with van der Waals surface area (Å²) in [5.41, 5.74) is 0.234. The van der Waals surface area contributed by atoms with E-state index in [-0.39, 0.29) is 33.8 Å². The molecule has 1 aliphatic rings. The van der Waals surface area contributed by atoms with Gasteiger partial charge < -0.3 is 9.73 Å². The molecule has 2 heterocycles. The Balaban J connectivity index is 1.94. The van der Waals surface area contributed by atoms with Crippen LogP contribution in [0.4, 0.5) is 5.69 Å². The minimum absolute atomic E-state index is 0.0814. The minimum atomic E-state index is -3.65. The Morgan fingerprint density at radius 3 is 2.95 bits per heavy atom. The van der Waals surface area contributed by atoms with Gasteiger partial charge in [0.2, 0.25) is 9.84 Å². The molecule has 1 unspecified atom stereocenters. The van der Waals surface area contributed by atoms with E-state index >= 15 is 0 Å². The monoisotopic (exact) mass is 311 g/mol. The van der Waals surface area contributed by atoms with E-state index in [4.69, 9.17) is 4.42 Å². The standard InChI is InChI=1S/C12H13N3O5S/c16-15(17)9-3-4-11-10(6-9)14-12(20-11)21(18,19)7-8-2-1-5-13-8/h3-4,6,8,13H,1-2,5,7H2. The van der Waals surface area contributed by atoms with Gasteiger partial charge in [-0.3, -0.25) is 10.1 Å². The smallest absolute Gasteiger partial charge is 0.316 e. The molecular weight excluding hydrogens is 298 g/mol. The van der Waals surface area contributed by atoms with E-state index in [1.54, 1.807) is 0 Å². The van der Waals surface area contributed by atoms with Crippen molar-refractivity contribution in [3.63, 3.8) is 0 Å². The zero-order chi connectivity index (χ0) is 15.0. The van der Waals surface area contributed by atoms with Crippen molar-refractivity contribution in [3.05, 3.63) is 28.3 Å². The Hall–Kier alpha value is -2.00. The van der Waals surface area contributed by atoms with Crippen molar-refractivity contribution in [1.29, 1.82) is 0 Å². The van der Waals surface area contributed by atoms with E-state index < -0.39 is 14.8 Å². The summed E-state index contributed by atoms with van der Waals surface area (Å²) in [5, 5.41) is 13.4. The van der Waals surface area contributed by atoms with Crippen LogP contribution in [0.15, 0.2) is 27.8 Å². The molecule has 1 atom stereocenters. The molecule has 0 aliphatic carbocycles. The van der Waals surface area contributed by atoms with Crippen molar-refractivity contribution >= 4 is 26.6 Å². The van der Waals surface area contributed by atoms with E-state index in [0.29, 0.717) is 0 Å². The molecule has 1 aromatic heterocycles. The molecule has 3 rings (SSSR count). The molecule has 112 valence electrons. The van der Waals surface area contributed by atoms with Crippen LogP contribution in [0.3, 0.4) is 0 Å². The van der Waals surface area contributed by atoms with Crippen LogP contribution in [0.2, 0.25) is 0 Å². The first-order chi connectivity index (χ1) is 9.95. The lowest BCUT2D eigenvalue weighted by Crippen LogP contribution is -2.30. The maximum Gasteiger partial charge on any atom is 0.316 e. The number of aromatic nitrogens is 1. The molecule has 21 heavy (non-hydrogen) atoms. The summed E-state index contributed by atoms with van der Waals surface area (Å²) in [6.07, 6.45) is 1.74. The summed E-state index contributed by atoms with van der Waals surface area (Å²) in [6, 6.07) is 3.71. The highest BCUT2D eigenvalue weighted by molar-refractivity contribution is 7.91. The zero-order valence-electron chi connectivity index (χ0n) is 11.0. The summed E-state index contributed by atoms with van der Waals surface area (Å²) in [4.78, 5) is 14.0. The van der Waals surface area contributed by atoms with Crippen molar-refractivity contribution in [1.82, 2.24) is 10.3 Å². The lowest BCUT2D eigenvalue weighted by molar-refractivity contribution is -0.384. The average Bonchev–Trinajstić information content (AvgIpc) is 3.05. The largest absolute Gasteiger partial charge is 0.428 e. The highest BCUT2D eigenvalue weighted by Gasteiger charge is 2.28. The number of rotatable bonds is 4. The Morgan fingerprint density at radius 1 is 1.48 bits per heavy atom. The Bertz CT molecular complexity index is 792. The van der Waals surface area contributed by atoms with Gasteiger partial charge in [-0.2, -0.15) is 4.98 Å². The van der Waals surface area contributed by atoms with Gasteiger partial charge in [0.15, 0.2) is 5.58 Å². The number of non-ortho nitro benzene ring substituents is 1. The van der Waals surface area contributed by atoms with Crippen LogP contribution >= 0.6 is 0 Å². The number of nitrogens with zero attached hydrogens (tertiary/aromatic N) is 2. The predicted octanol–water partition coefficient (Wildman–Crippen LogP) is 1.26. The molecule has 0 amide bonds. The van der Waals surface area contributed by atoms with Crippen LogP contribution in [0.1, 0.15) is 12.8 Å². The number of fused-ring (bicyclic) bond motifs is 1. The number of sulfone groups is 1. The highest BCUT2D eigenvalue weighted by atomic mass is 32.2. The highest BCUT2D eigenvalue weighted by Crippen LogP contribution is 2.24. The minimum Gasteiger partial charge on any atom is -0.428 e. The first-order valence-electron chi connectivity index (χ1n) is 6.47. The SMILES string of the molecule is O=[N+]([O-])c1ccc2oc(S(=O)(=O)CC3CCCN3)nc2c1. The number of hydrogen-bond donors (Lipinski definition) is 1. The van der Waals surface area contributed by atoms with Crippen LogP contribution in [-0.4, -0.2) is 36.7 Å². The molecule has 9 heteroatoms. The fraction of sp³-hybridized carbons (Fsp3) is 0.417. The van der Waals surface area contributed by atoms with Crippen LogP contribution < -0.4 is 5.32 Å². The zero-order valence-corrected chi connectivity index (χ0v) is 11.8. The molecule has 1 N–H and O–H groups in total. The first-order valence-corrected chi connectivity index (χ1v) is 8.12. The van der Waals surface area contributed by atoms with Gasteiger partial charge in [-0.1, -0.05) is 0 Å². The molecule has 1 aromatic carbocycles. The number of benzene rings is 1. The molecule has 1 fully saturated rings. The third kappa shape index (κ3) is 2.74. The second kappa shape index (κ2) is 5.08. The van der Waals surface area contributed by atoms with E-state index in [9.17, 15) is 18.5 Å². The van der Waals surface area contributed by atoms with Gasteiger partial charge in [-0.15, -0.1) is 0 Å². The van der Waals surface area contributed by atoms with Gasteiger partial charge in [-0.05, 0) is 25.5 Å². The van der Waals surface area contributed by atoms with E-state index in [1.165, 1.54) is 18.2 Å². The molecule has 0 saturated carbocycles. The summed E-state index contributed by atoms with van der Waals surface area (Å²) in [7, 11) is -3.65. The van der Waals surface area contributed by atoms with Crippen LogP contribution in [0.5, 0.6) is 0 Å². The van der Waals surface area contributed by atoms with Gasteiger partial charge in [0.05, 0.1) is 10.7 Å². The lowest BCUT2D eigenvalue weighted by atomic mass is 10.3. The number of oxazole rings is 1.